The second kappa shape index (κ2) is 10.3. The largest absolute Gasteiger partial charge is 0.481 e. The van der Waals surface area contributed by atoms with Crippen molar-refractivity contribution in [1.29, 1.82) is 0 Å². The first-order valence-electron chi connectivity index (χ1n) is 4.74. The van der Waals surface area contributed by atoms with Gasteiger partial charge in [0.1, 0.15) is 6.29 Å². The van der Waals surface area contributed by atoms with Crippen LogP contribution >= 0.6 is 0 Å². The smallest absolute Gasteiger partial charge is 0.303 e. The summed E-state index contributed by atoms with van der Waals surface area (Å²) < 4.78 is 0. The van der Waals surface area contributed by atoms with Crippen LogP contribution in [0.25, 0.3) is 0 Å². The number of allylic oxidation sites excluding steroid dienone is 4. The van der Waals surface area contributed by atoms with Crippen LogP contribution in [0.4, 0.5) is 0 Å². The van der Waals surface area contributed by atoms with E-state index in [0.717, 1.165) is 6.42 Å². The first kappa shape index (κ1) is 13.2. The minimum absolute atomic E-state index is 0.208. The number of aldehydes is 1. The van der Waals surface area contributed by atoms with Crippen LogP contribution in [0.5, 0.6) is 0 Å². The molecule has 0 aliphatic carbocycles. The van der Waals surface area contributed by atoms with Crippen LogP contribution in [0.3, 0.4) is 0 Å². The molecule has 80 valence electrons. The maximum Gasteiger partial charge on any atom is 0.303 e. The van der Waals surface area contributed by atoms with Gasteiger partial charge in [-0.2, -0.15) is 0 Å². The van der Waals surface area contributed by atoms with E-state index < -0.39 is 5.97 Å². The zero-order chi connectivity index (χ0) is 11.4. The minimum atomic E-state index is -0.762. The summed E-state index contributed by atoms with van der Waals surface area (Å²) in [6, 6.07) is 0. The summed E-state index contributed by atoms with van der Waals surface area (Å²) in [5.74, 6) is 4.91. The van der Waals surface area contributed by atoms with E-state index in [-0.39, 0.29) is 6.42 Å². The lowest BCUT2D eigenvalue weighted by Crippen LogP contribution is -1.92. The van der Waals surface area contributed by atoms with Crippen LogP contribution in [0, 0.1) is 11.8 Å². The standard InChI is InChI=1S/C12H14O3/c13-11-9-7-5-3-1-2-4-6-8-10-12(14)15/h3,5,7,9,11H,4,6,8,10H2,(H,14,15)/b5-3+,9-7+. The maximum absolute atomic E-state index is 10.2. The molecule has 0 heterocycles. The van der Waals surface area contributed by atoms with Gasteiger partial charge in [0, 0.05) is 12.8 Å². The average molecular weight is 206 g/mol. The highest BCUT2D eigenvalue weighted by Gasteiger charge is 1.93. The summed E-state index contributed by atoms with van der Waals surface area (Å²) in [7, 11) is 0. The summed E-state index contributed by atoms with van der Waals surface area (Å²) in [5, 5.41) is 8.35. The molecule has 0 saturated heterocycles. The number of carbonyl (C=O) groups excluding carboxylic acids is 1. The lowest BCUT2D eigenvalue weighted by molar-refractivity contribution is -0.137. The molecule has 1 N–H and O–H groups in total. The highest BCUT2D eigenvalue weighted by atomic mass is 16.4. The van der Waals surface area contributed by atoms with Gasteiger partial charge in [0.15, 0.2) is 0 Å². The second-order valence-electron chi connectivity index (χ2n) is 2.80. The molecule has 0 radical (unpaired) electrons. The number of hydrogen-bond donors (Lipinski definition) is 1. The summed E-state index contributed by atoms with van der Waals surface area (Å²) in [6.07, 6.45) is 9.39. The third-order valence-electron chi connectivity index (χ3n) is 1.52. The Hall–Kier alpha value is -1.82. The quantitative estimate of drug-likeness (QED) is 0.237. The Balaban J connectivity index is 3.46. The molecule has 15 heavy (non-hydrogen) atoms. The highest BCUT2D eigenvalue weighted by Crippen LogP contribution is 1.97. The number of carboxylic acids is 1. The molecule has 0 aliphatic heterocycles. The van der Waals surface area contributed by atoms with Crippen LogP contribution in [-0.4, -0.2) is 17.4 Å². The Bertz CT molecular complexity index is 303. The van der Waals surface area contributed by atoms with Crippen LogP contribution in [0.15, 0.2) is 24.3 Å². The Morgan fingerprint density at radius 3 is 2.67 bits per heavy atom. The van der Waals surface area contributed by atoms with Crippen molar-refractivity contribution in [1.82, 2.24) is 0 Å². The molecule has 3 heteroatoms. The summed E-state index contributed by atoms with van der Waals surface area (Å²) in [5.41, 5.74) is 0. The number of hydrogen-bond acceptors (Lipinski definition) is 2. The van der Waals surface area contributed by atoms with Crippen molar-refractivity contribution in [2.45, 2.75) is 25.7 Å². The average Bonchev–Trinajstić information content (AvgIpc) is 2.20. The predicted octanol–water partition coefficient (Wildman–Crippen LogP) is 1.95. The molecular formula is C12H14O3. The predicted molar refractivity (Wildman–Crippen MR) is 58.2 cm³/mol. The highest BCUT2D eigenvalue weighted by molar-refractivity contribution is 5.66. The Morgan fingerprint density at radius 1 is 1.20 bits per heavy atom. The van der Waals surface area contributed by atoms with E-state index in [0.29, 0.717) is 19.1 Å². The maximum atomic E-state index is 10.2. The van der Waals surface area contributed by atoms with Crippen molar-refractivity contribution < 1.29 is 14.7 Å². The molecule has 0 aromatic heterocycles. The van der Waals surface area contributed by atoms with Gasteiger partial charge < -0.3 is 5.11 Å². The molecule has 0 saturated carbocycles. The summed E-state index contributed by atoms with van der Waals surface area (Å²) in [4.78, 5) is 20.0. The van der Waals surface area contributed by atoms with Crippen molar-refractivity contribution in [3.8, 4) is 11.8 Å². The van der Waals surface area contributed by atoms with Crippen molar-refractivity contribution >= 4 is 12.3 Å². The van der Waals surface area contributed by atoms with Gasteiger partial charge in [-0.1, -0.05) is 24.0 Å². The number of aliphatic carboxylic acids is 1. The molecule has 3 nitrogen and oxygen atoms in total. The van der Waals surface area contributed by atoms with E-state index >= 15 is 0 Å². The van der Waals surface area contributed by atoms with E-state index in [9.17, 15) is 9.59 Å². The zero-order valence-electron chi connectivity index (χ0n) is 8.48. The molecule has 0 amide bonds. The first-order valence-corrected chi connectivity index (χ1v) is 4.74. The van der Waals surface area contributed by atoms with Crippen LogP contribution in [0.2, 0.25) is 0 Å². The van der Waals surface area contributed by atoms with Gasteiger partial charge in [0.2, 0.25) is 0 Å². The van der Waals surface area contributed by atoms with Crippen molar-refractivity contribution in [2.75, 3.05) is 0 Å². The van der Waals surface area contributed by atoms with E-state index in [1.54, 1.807) is 18.2 Å². The summed E-state index contributed by atoms with van der Waals surface area (Å²) in [6.45, 7) is 0. The van der Waals surface area contributed by atoms with E-state index in [4.69, 9.17) is 5.11 Å². The lowest BCUT2D eigenvalue weighted by Gasteiger charge is -1.90. The monoisotopic (exact) mass is 206 g/mol. The van der Waals surface area contributed by atoms with E-state index in [1.807, 2.05) is 0 Å². The van der Waals surface area contributed by atoms with Crippen LogP contribution in [-0.2, 0) is 9.59 Å². The number of rotatable bonds is 6. The van der Waals surface area contributed by atoms with E-state index in [1.165, 1.54) is 6.08 Å². The molecule has 0 spiro atoms. The SMILES string of the molecule is O=C/C=C/C=C/C#CCCCCC(=O)O. The molecular weight excluding hydrogens is 192 g/mol. The minimum Gasteiger partial charge on any atom is -0.481 e. The molecule has 0 unspecified atom stereocenters. The van der Waals surface area contributed by atoms with Gasteiger partial charge in [0.25, 0.3) is 0 Å². The Morgan fingerprint density at radius 2 is 2.00 bits per heavy atom. The van der Waals surface area contributed by atoms with Crippen molar-refractivity contribution in [3.05, 3.63) is 24.3 Å². The van der Waals surface area contributed by atoms with Gasteiger partial charge >= 0.3 is 5.97 Å². The number of carboxylic acid groups (broad SMARTS) is 1. The first-order chi connectivity index (χ1) is 7.27. The third kappa shape index (κ3) is 12.2. The van der Waals surface area contributed by atoms with Gasteiger partial charge in [-0.3, -0.25) is 9.59 Å². The normalized spacial score (nSPS) is 10.1. The lowest BCUT2D eigenvalue weighted by atomic mass is 10.2. The number of unbranched alkanes of at least 4 members (excludes halogenated alkanes) is 2. The van der Waals surface area contributed by atoms with Crippen LogP contribution in [0.1, 0.15) is 25.7 Å². The molecule has 0 aromatic carbocycles. The van der Waals surface area contributed by atoms with Gasteiger partial charge in [0.05, 0.1) is 0 Å². The fourth-order valence-corrected chi connectivity index (χ4v) is 0.834. The van der Waals surface area contributed by atoms with Gasteiger partial charge in [-0.05, 0) is 25.0 Å². The fourth-order valence-electron chi connectivity index (χ4n) is 0.834. The van der Waals surface area contributed by atoms with Crippen molar-refractivity contribution in [3.63, 3.8) is 0 Å². The third-order valence-corrected chi connectivity index (χ3v) is 1.52. The molecule has 0 aliphatic rings. The van der Waals surface area contributed by atoms with E-state index in [2.05, 4.69) is 11.8 Å². The molecule has 0 bridgehead atoms. The molecule has 0 atom stereocenters. The summed E-state index contributed by atoms with van der Waals surface area (Å²) >= 11 is 0. The van der Waals surface area contributed by atoms with Gasteiger partial charge in [-0.25, -0.2) is 0 Å². The fraction of sp³-hybridized carbons (Fsp3) is 0.333. The molecule has 0 rings (SSSR count). The molecule has 0 fully saturated rings. The van der Waals surface area contributed by atoms with Crippen LogP contribution < -0.4 is 0 Å². The molecule has 0 aromatic rings. The topological polar surface area (TPSA) is 54.4 Å². The Kier molecular flexibility index (Phi) is 9.02. The van der Waals surface area contributed by atoms with Crippen molar-refractivity contribution in [2.24, 2.45) is 0 Å². The van der Waals surface area contributed by atoms with Gasteiger partial charge in [-0.15, -0.1) is 0 Å². The zero-order valence-corrected chi connectivity index (χ0v) is 8.48. The number of carbonyl (C=O) groups is 2. The second-order valence-corrected chi connectivity index (χ2v) is 2.80. The Labute approximate surface area is 89.5 Å².